The van der Waals surface area contributed by atoms with Crippen molar-refractivity contribution in [3.8, 4) is 0 Å². The average Bonchev–Trinajstić information content (AvgIpc) is 2.71. The monoisotopic (exact) mass is 238 g/mol. The maximum Gasteiger partial charge on any atom is 0.224 e. The van der Waals surface area contributed by atoms with Crippen molar-refractivity contribution >= 4 is 17.2 Å². The van der Waals surface area contributed by atoms with Crippen molar-refractivity contribution in [2.24, 2.45) is 11.3 Å². The predicted octanol–water partition coefficient (Wildman–Crippen LogP) is 2.42. The molecule has 1 amide bonds. The van der Waals surface area contributed by atoms with Crippen LogP contribution in [0.25, 0.3) is 0 Å². The predicted molar refractivity (Wildman–Crippen MR) is 65.3 cm³/mol. The second-order valence-corrected chi connectivity index (χ2v) is 6.50. The van der Waals surface area contributed by atoms with Crippen LogP contribution in [0.1, 0.15) is 35.8 Å². The zero-order valence-corrected chi connectivity index (χ0v) is 11.1. The van der Waals surface area contributed by atoms with Gasteiger partial charge in [-0.15, -0.1) is 11.3 Å². The van der Waals surface area contributed by atoms with E-state index in [-0.39, 0.29) is 17.2 Å². The molecule has 1 aromatic rings. The number of amides is 1. The summed E-state index contributed by atoms with van der Waals surface area (Å²) in [7, 11) is 0. The molecular weight excluding hydrogens is 220 g/mol. The third-order valence-electron chi connectivity index (χ3n) is 3.32. The van der Waals surface area contributed by atoms with Crippen LogP contribution in [0.2, 0.25) is 0 Å². The molecule has 0 radical (unpaired) electrons. The minimum Gasteiger partial charge on any atom is -0.349 e. The van der Waals surface area contributed by atoms with Crippen molar-refractivity contribution in [2.45, 2.75) is 40.7 Å². The number of carbonyl (C=O) groups excluding carboxylic acids is 1. The number of nitrogens with zero attached hydrogens (tertiary/aromatic N) is 1. The van der Waals surface area contributed by atoms with Gasteiger partial charge in [-0.2, -0.15) is 0 Å². The minimum absolute atomic E-state index is 0.176. The quantitative estimate of drug-likeness (QED) is 0.878. The summed E-state index contributed by atoms with van der Waals surface area (Å²) in [6, 6.07) is 0. The van der Waals surface area contributed by atoms with Gasteiger partial charge in [0.05, 0.1) is 12.2 Å². The first-order chi connectivity index (χ1) is 7.40. The molecule has 88 valence electrons. The van der Waals surface area contributed by atoms with Gasteiger partial charge in [0.15, 0.2) is 0 Å². The number of aromatic nitrogens is 1. The van der Waals surface area contributed by atoms with Gasteiger partial charge in [0, 0.05) is 10.8 Å². The summed E-state index contributed by atoms with van der Waals surface area (Å²) in [4.78, 5) is 17.4. The summed E-state index contributed by atoms with van der Waals surface area (Å²) in [5.74, 6) is 0.380. The average molecular weight is 238 g/mol. The molecule has 0 saturated heterocycles. The lowest BCUT2D eigenvalue weighted by Crippen LogP contribution is -2.25. The fourth-order valence-electron chi connectivity index (χ4n) is 1.82. The molecule has 1 aliphatic rings. The summed E-state index contributed by atoms with van der Waals surface area (Å²) >= 11 is 1.66. The van der Waals surface area contributed by atoms with Gasteiger partial charge in [0.25, 0.3) is 0 Å². The van der Waals surface area contributed by atoms with Crippen molar-refractivity contribution in [3.63, 3.8) is 0 Å². The molecule has 1 heterocycles. The SMILES string of the molecule is Cc1nc(CNC(=O)[C@H]2CC2(C)C)sc1C. The lowest BCUT2D eigenvalue weighted by atomic mass is 10.1. The summed E-state index contributed by atoms with van der Waals surface area (Å²) < 4.78 is 0. The number of hydrogen-bond acceptors (Lipinski definition) is 3. The van der Waals surface area contributed by atoms with E-state index in [1.54, 1.807) is 11.3 Å². The van der Waals surface area contributed by atoms with Crippen molar-refractivity contribution in [2.75, 3.05) is 0 Å². The van der Waals surface area contributed by atoms with Crippen molar-refractivity contribution in [1.29, 1.82) is 0 Å². The Morgan fingerprint density at radius 2 is 2.19 bits per heavy atom. The molecule has 1 saturated carbocycles. The van der Waals surface area contributed by atoms with Crippen LogP contribution < -0.4 is 5.32 Å². The Balaban J connectivity index is 1.86. The molecule has 0 spiro atoms. The van der Waals surface area contributed by atoms with E-state index in [1.807, 2.05) is 6.92 Å². The van der Waals surface area contributed by atoms with E-state index in [9.17, 15) is 4.79 Å². The zero-order chi connectivity index (χ0) is 11.9. The van der Waals surface area contributed by atoms with Crippen LogP contribution in [0.15, 0.2) is 0 Å². The summed E-state index contributed by atoms with van der Waals surface area (Å²) in [6.45, 7) is 8.90. The summed E-state index contributed by atoms with van der Waals surface area (Å²) in [6.07, 6.45) is 1.01. The zero-order valence-electron chi connectivity index (χ0n) is 10.3. The van der Waals surface area contributed by atoms with Gasteiger partial charge in [0.2, 0.25) is 5.91 Å². The molecule has 16 heavy (non-hydrogen) atoms. The maximum absolute atomic E-state index is 11.8. The van der Waals surface area contributed by atoms with E-state index in [1.165, 1.54) is 4.88 Å². The van der Waals surface area contributed by atoms with Gasteiger partial charge in [-0.1, -0.05) is 13.8 Å². The van der Waals surface area contributed by atoms with Crippen molar-refractivity contribution in [1.82, 2.24) is 10.3 Å². The molecule has 1 aromatic heterocycles. The van der Waals surface area contributed by atoms with Gasteiger partial charge in [0.1, 0.15) is 5.01 Å². The highest BCUT2D eigenvalue weighted by molar-refractivity contribution is 7.11. The Bertz CT molecular complexity index is 403. The Hall–Kier alpha value is -0.900. The highest BCUT2D eigenvalue weighted by atomic mass is 32.1. The number of carbonyl (C=O) groups is 1. The van der Waals surface area contributed by atoms with E-state index >= 15 is 0 Å². The molecular formula is C12H18N2OS. The standard InChI is InChI=1S/C12H18N2OS/c1-7-8(2)16-10(14-7)6-13-11(15)9-5-12(9,3)4/h9H,5-6H2,1-4H3,(H,13,15)/t9-/m1/s1. The number of thiazole rings is 1. The Kier molecular flexibility index (Phi) is 2.78. The number of hydrogen-bond donors (Lipinski definition) is 1. The fraction of sp³-hybridized carbons (Fsp3) is 0.667. The number of nitrogens with one attached hydrogen (secondary N) is 1. The third kappa shape index (κ3) is 2.26. The van der Waals surface area contributed by atoms with Gasteiger partial charge in [-0.3, -0.25) is 4.79 Å². The number of rotatable bonds is 3. The Morgan fingerprint density at radius 1 is 1.56 bits per heavy atom. The van der Waals surface area contributed by atoms with E-state index < -0.39 is 0 Å². The van der Waals surface area contributed by atoms with Crippen LogP contribution in [-0.2, 0) is 11.3 Å². The molecule has 4 heteroatoms. The molecule has 0 aliphatic heterocycles. The summed E-state index contributed by atoms with van der Waals surface area (Å²) in [5.41, 5.74) is 1.28. The van der Waals surface area contributed by atoms with E-state index in [2.05, 4.69) is 31.1 Å². The fourth-order valence-corrected chi connectivity index (χ4v) is 2.69. The molecule has 2 rings (SSSR count). The van der Waals surface area contributed by atoms with E-state index in [4.69, 9.17) is 0 Å². The molecule has 1 aliphatic carbocycles. The maximum atomic E-state index is 11.8. The normalized spacial score (nSPS) is 21.9. The van der Waals surface area contributed by atoms with Crippen LogP contribution >= 0.6 is 11.3 Å². The minimum atomic E-state index is 0.176. The van der Waals surface area contributed by atoms with Gasteiger partial charge in [-0.05, 0) is 25.7 Å². The van der Waals surface area contributed by atoms with E-state index in [0.29, 0.717) is 6.54 Å². The molecule has 3 nitrogen and oxygen atoms in total. The first-order valence-electron chi connectivity index (χ1n) is 5.61. The molecule has 1 atom stereocenters. The lowest BCUT2D eigenvalue weighted by molar-refractivity contribution is -0.123. The van der Waals surface area contributed by atoms with Gasteiger partial charge in [-0.25, -0.2) is 4.98 Å². The number of aryl methyl sites for hydroxylation is 2. The Labute approximate surface area is 100 Å². The van der Waals surface area contributed by atoms with Crippen LogP contribution in [0.4, 0.5) is 0 Å². The molecule has 0 bridgehead atoms. The van der Waals surface area contributed by atoms with Gasteiger partial charge >= 0.3 is 0 Å². The topological polar surface area (TPSA) is 42.0 Å². The first-order valence-corrected chi connectivity index (χ1v) is 6.42. The second kappa shape index (κ2) is 3.84. The largest absolute Gasteiger partial charge is 0.349 e. The van der Waals surface area contributed by atoms with Crippen LogP contribution in [-0.4, -0.2) is 10.9 Å². The van der Waals surface area contributed by atoms with Crippen LogP contribution in [0.3, 0.4) is 0 Å². The highest BCUT2D eigenvalue weighted by Gasteiger charge is 2.50. The Morgan fingerprint density at radius 3 is 2.62 bits per heavy atom. The van der Waals surface area contributed by atoms with Crippen LogP contribution in [0.5, 0.6) is 0 Å². The third-order valence-corrected chi connectivity index (χ3v) is 4.39. The van der Waals surface area contributed by atoms with Crippen molar-refractivity contribution < 1.29 is 4.79 Å². The molecule has 1 N–H and O–H groups in total. The lowest BCUT2D eigenvalue weighted by Gasteiger charge is -2.04. The first kappa shape index (κ1) is 11.6. The molecule has 1 fully saturated rings. The second-order valence-electron chi connectivity index (χ2n) is 5.21. The molecule has 0 unspecified atom stereocenters. The highest BCUT2D eigenvalue weighted by Crippen LogP contribution is 2.51. The smallest absolute Gasteiger partial charge is 0.224 e. The van der Waals surface area contributed by atoms with Crippen molar-refractivity contribution in [3.05, 3.63) is 15.6 Å². The van der Waals surface area contributed by atoms with Gasteiger partial charge < -0.3 is 5.32 Å². The summed E-state index contributed by atoms with van der Waals surface area (Å²) in [5, 5.41) is 3.97. The molecule has 0 aromatic carbocycles. The van der Waals surface area contributed by atoms with Crippen LogP contribution in [0, 0.1) is 25.2 Å². The van der Waals surface area contributed by atoms with E-state index in [0.717, 1.165) is 17.1 Å².